The Labute approximate surface area is 184 Å². The van der Waals surface area contributed by atoms with Gasteiger partial charge in [-0.1, -0.05) is 18.2 Å². The summed E-state index contributed by atoms with van der Waals surface area (Å²) in [5.74, 6) is 1.90. The van der Waals surface area contributed by atoms with Crippen molar-refractivity contribution in [2.75, 3.05) is 45.8 Å². The van der Waals surface area contributed by atoms with Crippen LogP contribution in [0.2, 0.25) is 0 Å². The van der Waals surface area contributed by atoms with E-state index in [1.165, 1.54) is 0 Å². The number of nitrogens with zero attached hydrogens (tertiary/aromatic N) is 1. The summed E-state index contributed by atoms with van der Waals surface area (Å²) in [4.78, 5) is 16.6. The number of carbonyl (C=O) groups excluding carboxylic acids is 1. The van der Waals surface area contributed by atoms with E-state index in [0.29, 0.717) is 32.3 Å². The molecule has 0 fully saturated rings. The number of nitrogens with one attached hydrogen (secondary N) is 3. The lowest BCUT2D eigenvalue weighted by molar-refractivity contribution is -0.119. The van der Waals surface area contributed by atoms with Gasteiger partial charge in [0.25, 0.3) is 0 Å². The highest BCUT2D eigenvalue weighted by atomic mass is 16.5. The van der Waals surface area contributed by atoms with Gasteiger partial charge in [-0.05, 0) is 36.8 Å². The van der Waals surface area contributed by atoms with Gasteiger partial charge >= 0.3 is 0 Å². The van der Waals surface area contributed by atoms with Gasteiger partial charge in [0, 0.05) is 45.0 Å². The maximum Gasteiger partial charge on any atom is 0.242 e. The van der Waals surface area contributed by atoms with Gasteiger partial charge < -0.3 is 30.2 Å². The average Bonchev–Trinajstić information content (AvgIpc) is 2.79. The molecule has 0 aliphatic rings. The molecule has 31 heavy (non-hydrogen) atoms. The molecule has 0 aromatic heterocycles. The minimum absolute atomic E-state index is 0.0126. The summed E-state index contributed by atoms with van der Waals surface area (Å²) in [6, 6.07) is 15.2. The minimum Gasteiger partial charge on any atom is -0.497 e. The van der Waals surface area contributed by atoms with Crippen molar-refractivity contribution in [3.05, 3.63) is 54.1 Å². The first kappa shape index (κ1) is 24.0. The van der Waals surface area contributed by atoms with Crippen molar-refractivity contribution in [3.63, 3.8) is 0 Å². The van der Waals surface area contributed by atoms with E-state index in [1.807, 2.05) is 55.5 Å². The molecule has 1 amide bonds. The second kappa shape index (κ2) is 13.9. The van der Waals surface area contributed by atoms with Crippen LogP contribution in [0.3, 0.4) is 0 Å². The van der Waals surface area contributed by atoms with Gasteiger partial charge in [-0.2, -0.15) is 0 Å². The summed E-state index contributed by atoms with van der Waals surface area (Å²) in [5, 5.41) is 9.21. The third kappa shape index (κ3) is 9.39. The molecule has 2 aromatic rings. The van der Waals surface area contributed by atoms with Crippen molar-refractivity contribution >= 4 is 17.6 Å². The maximum absolute atomic E-state index is 12.2. The Balaban J connectivity index is 1.86. The molecule has 0 atom stereocenters. The van der Waals surface area contributed by atoms with E-state index >= 15 is 0 Å². The zero-order valence-corrected chi connectivity index (χ0v) is 18.4. The van der Waals surface area contributed by atoms with Crippen LogP contribution in [0.15, 0.2) is 53.5 Å². The van der Waals surface area contributed by atoms with Crippen molar-refractivity contribution < 1.29 is 19.0 Å². The normalized spacial score (nSPS) is 11.0. The lowest BCUT2D eigenvalue weighted by atomic mass is 10.2. The maximum atomic E-state index is 12.2. The Morgan fingerprint density at radius 3 is 2.52 bits per heavy atom. The first-order valence-electron chi connectivity index (χ1n) is 10.3. The highest BCUT2D eigenvalue weighted by Gasteiger charge is 2.05. The van der Waals surface area contributed by atoms with Crippen LogP contribution in [-0.4, -0.2) is 52.4 Å². The molecule has 8 heteroatoms. The number of benzene rings is 2. The van der Waals surface area contributed by atoms with Gasteiger partial charge in [0.1, 0.15) is 18.0 Å². The van der Waals surface area contributed by atoms with Gasteiger partial charge in [-0.25, -0.2) is 4.99 Å². The molecule has 0 heterocycles. The monoisotopic (exact) mass is 428 g/mol. The summed E-state index contributed by atoms with van der Waals surface area (Å²) in [6.45, 7) is 4.34. The van der Waals surface area contributed by atoms with E-state index in [1.54, 1.807) is 14.2 Å². The lowest BCUT2D eigenvalue weighted by Gasteiger charge is -2.13. The van der Waals surface area contributed by atoms with Crippen molar-refractivity contribution in [3.8, 4) is 11.5 Å². The number of ether oxygens (including phenoxy) is 3. The summed E-state index contributed by atoms with van der Waals surface area (Å²) in [5.41, 5.74) is 1.81. The van der Waals surface area contributed by atoms with E-state index in [2.05, 4.69) is 20.9 Å². The van der Waals surface area contributed by atoms with E-state index in [0.717, 1.165) is 29.2 Å². The smallest absolute Gasteiger partial charge is 0.242 e. The molecule has 0 bridgehead atoms. The zero-order chi connectivity index (χ0) is 22.3. The fraction of sp³-hybridized carbons (Fsp3) is 0.391. The number of amides is 1. The number of rotatable bonds is 12. The predicted molar refractivity (Wildman–Crippen MR) is 123 cm³/mol. The Morgan fingerprint density at radius 2 is 1.81 bits per heavy atom. The molecular weight excluding hydrogens is 396 g/mol. The number of aliphatic imine (C=N–C) groups is 1. The number of hydrogen-bond acceptors (Lipinski definition) is 5. The fourth-order valence-corrected chi connectivity index (χ4v) is 2.65. The summed E-state index contributed by atoms with van der Waals surface area (Å²) in [7, 11) is 3.29. The molecule has 0 spiro atoms. The molecule has 0 radical (unpaired) electrons. The van der Waals surface area contributed by atoms with E-state index < -0.39 is 0 Å². The molecule has 0 unspecified atom stereocenters. The van der Waals surface area contributed by atoms with Gasteiger partial charge in [0.2, 0.25) is 5.91 Å². The van der Waals surface area contributed by atoms with Crippen molar-refractivity contribution in [2.45, 2.75) is 19.9 Å². The minimum atomic E-state index is -0.164. The number of methoxy groups -OCH3 is 2. The second-order valence-corrected chi connectivity index (χ2v) is 6.67. The highest BCUT2D eigenvalue weighted by Crippen LogP contribution is 2.17. The molecule has 0 aliphatic carbocycles. The topological polar surface area (TPSA) is 93.2 Å². The lowest BCUT2D eigenvalue weighted by Crippen LogP contribution is -2.33. The van der Waals surface area contributed by atoms with Crippen molar-refractivity contribution in [1.82, 2.24) is 10.6 Å². The van der Waals surface area contributed by atoms with Crippen molar-refractivity contribution in [2.24, 2.45) is 4.99 Å². The summed E-state index contributed by atoms with van der Waals surface area (Å²) in [6.07, 6.45) is 0.823. The Bertz CT molecular complexity index is 825. The van der Waals surface area contributed by atoms with E-state index in [9.17, 15) is 4.79 Å². The molecule has 0 saturated carbocycles. The number of hydrogen-bond donors (Lipinski definition) is 3. The Kier molecular flexibility index (Phi) is 10.7. The molecule has 0 saturated heterocycles. The predicted octanol–water partition coefficient (Wildman–Crippen LogP) is 2.80. The van der Waals surface area contributed by atoms with Gasteiger partial charge in [0.15, 0.2) is 5.96 Å². The molecule has 168 valence electrons. The SMILES string of the molecule is CCNC(=NCC(=O)NCc1ccc(OC)cc1)Nc1cccc(OCCCOC)c1. The fourth-order valence-electron chi connectivity index (χ4n) is 2.65. The first-order valence-corrected chi connectivity index (χ1v) is 10.3. The molecule has 2 rings (SSSR count). The average molecular weight is 429 g/mol. The van der Waals surface area contributed by atoms with Gasteiger partial charge in [0.05, 0.1) is 13.7 Å². The molecular formula is C23H32N4O4. The number of carbonyl (C=O) groups is 1. The van der Waals surface area contributed by atoms with Crippen LogP contribution in [0, 0.1) is 0 Å². The zero-order valence-electron chi connectivity index (χ0n) is 18.4. The van der Waals surface area contributed by atoms with Crippen LogP contribution in [0.25, 0.3) is 0 Å². The largest absolute Gasteiger partial charge is 0.497 e. The second-order valence-electron chi connectivity index (χ2n) is 6.67. The highest BCUT2D eigenvalue weighted by molar-refractivity contribution is 5.95. The van der Waals surface area contributed by atoms with Crippen LogP contribution >= 0.6 is 0 Å². The van der Waals surface area contributed by atoms with Crippen LogP contribution < -0.4 is 25.4 Å². The van der Waals surface area contributed by atoms with Gasteiger partial charge in [-0.15, -0.1) is 0 Å². The van der Waals surface area contributed by atoms with Crippen LogP contribution in [0.5, 0.6) is 11.5 Å². The summed E-state index contributed by atoms with van der Waals surface area (Å²) < 4.78 is 15.9. The molecule has 2 aromatic carbocycles. The van der Waals surface area contributed by atoms with E-state index in [-0.39, 0.29) is 12.5 Å². The molecule has 0 aliphatic heterocycles. The molecule has 3 N–H and O–H groups in total. The Hall–Kier alpha value is -3.26. The van der Waals surface area contributed by atoms with Gasteiger partial charge in [-0.3, -0.25) is 4.79 Å². The Morgan fingerprint density at radius 1 is 1.00 bits per heavy atom. The van der Waals surface area contributed by atoms with Crippen molar-refractivity contribution in [1.29, 1.82) is 0 Å². The first-order chi connectivity index (χ1) is 15.1. The standard InChI is InChI=1S/C23H32N4O4/c1-4-24-23(27-19-7-5-8-21(15-19)31-14-6-13-29-2)26-17-22(28)25-16-18-9-11-20(30-3)12-10-18/h5,7-12,15H,4,6,13-14,16-17H2,1-3H3,(H,25,28)(H2,24,26,27). The number of anilines is 1. The van der Waals surface area contributed by atoms with E-state index in [4.69, 9.17) is 14.2 Å². The van der Waals surface area contributed by atoms with Crippen LogP contribution in [0.1, 0.15) is 18.9 Å². The third-order valence-corrected chi connectivity index (χ3v) is 4.23. The number of guanidine groups is 1. The van der Waals surface area contributed by atoms with Crippen LogP contribution in [0.4, 0.5) is 5.69 Å². The third-order valence-electron chi connectivity index (χ3n) is 4.23. The summed E-state index contributed by atoms with van der Waals surface area (Å²) >= 11 is 0. The molecule has 8 nitrogen and oxygen atoms in total. The van der Waals surface area contributed by atoms with Crippen LogP contribution in [-0.2, 0) is 16.1 Å². The quantitative estimate of drug-likeness (QED) is 0.273.